The third kappa shape index (κ3) is 5.75. The SMILES string of the molecule is CCCOc1cccc(CCN=C(NCC)N2CC[C@@H](O)C2)c1. The van der Waals surface area contributed by atoms with Crippen LogP contribution >= 0.6 is 0 Å². The molecule has 0 spiro atoms. The lowest BCUT2D eigenvalue weighted by molar-refractivity contribution is 0.188. The third-order valence-corrected chi connectivity index (χ3v) is 3.83. The summed E-state index contributed by atoms with van der Waals surface area (Å²) in [5, 5.41) is 13.0. The summed E-state index contributed by atoms with van der Waals surface area (Å²) in [6, 6.07) is 8.24. The smallest absolute Gasteiger partial charge is 0.194 e. The highest BCUT2D eigenvalue weighted by molar-refractivity contribution is 5.80. The van der Waals surface area contributed by atoms with Gasteiger partial charge in [0, 0.05) is 26.2 Å². The van der Waals surface area contributed by atoms with Crippen molar-refractivity contribution in [2.24, 2.45) is 4.99 Å². The van der Waals surface area contributed by atoms with Gasteiger partial charge in [0.1, 0.15) is 5.75 Å². The minimum Gasteiger partial charge on any atom is -0.494 e. The molecule has 1 atom stereocenters. The van der Waals surface area contributed by atoms with Crippen molar-refractivity contribution in [1.29, 1.82) is 0 Å². The van der Waals surface area contributed by atoms with Gasteiger partial charge in [-0.15, -0.1) is 0 Å². The van der Waals surface area contributed by atoms with Crippen LogP contribution in [0.2, 0.25) is 0 Å². The Bertz CT molecular complexity index is 505. The zero-order valence-electron chi connectivity index (χ0n) is 14.3. The molecule has 2 N–H and O–H groups in total. The molecule has 1 aromatic rings. The molecule has 5 nitrogen and oxygen atoms in total. The number of hydrogen-bond donors (Lipinski definition) is 2. The summed E-state index contributed by atoms with van der Waals surface area (Å²) in [7, 11) is 0. The van der Waals surface area contributed by atoms with Crippen LogP contribution < -0.4 is 10.1 Å². The summed E-state index contributed by atoms with van der Waals surface area (Å²) in [5.74, 6) is 1.84. The minimum absolute atomic E-state index is 0.230. The van der Waals surface area contributed by atoms with Gasteiger partial charge in [-0.1, -0.05) is 19.1 Å². The van der Waals surface area contributed by atoms with E-state index in [2.05, 4.69) is 36.2 Å². The Morgan fingerprint density at radius 3 is 3.00 bits per heavy atom. The number of ether oxygens (including phenoxy) is 1. The number of aliphatic hydroxyl groups is 1. The van der Waals surface area contributed by atoms with Gasteiger partial charge in [0.25, 0.3) is 0 Å². The van der Waals surface area contributed by atoms with Crippen LogP contribution in [0, 0.1) is 0 Å². The summed E-state index contributed by atoms with van der Waals surface area (Å²) < 4.78 is 5.67. The maximum absolute atomic E-state index is 9.68. The Kier molecular flexibility index (Phi) is 7.20. The van der Waals surface area contributed by atoms with Crippen molar-refractivity contribution in [3.63, 3.8) is 0 Å². The Morgan fingerprint density at radius 1 is 1.43 bits per heavy atom. The van der Waals surface area contributed by atoms with Gasteiger partial charge in [0.15, 0.2) is 5.96 Å². The van der Waals surface area contributed by atoms with Crippen LogP contribution in [-0.4, -0.2) is 54.9 Å². The van der Waals surface area contributed by atoms with Crippen molar-refractivity contribution in [3.05, 3.63) is 29.8 Å². The Balaban J connectivity index is 1.90. The Labute approximate surface area is 139 Å². The number of guanidine groups is 1. The number of nitrogens with zero attached hydrogens (tertiary/aromatic N) is 2. The monoisotopic (exact) mass is 319 g/mol. The van der Waals surface area contributed by atoms with Gasteiger partial charge < -0.3 is 20.1 Å². The number of hydrogen-bond acceptors (Lipinski definition) is 3. The standard InChI is InChI=1S/C18H29N3O2/c1-3-12-23-17-7-5-6-15(13-17)8-10-20-18(19-4-2)21-11-9-16(22)14-21/h5-7,13,16,22H,3-4,8-12,14H2,1-2H3,(H,19,20)/t16-/m1/s1. The van der Waals surface area contributed by atoms with Crippen LogP contribution in [0.3, 0.4) is 0 Å². The van der Waals surface area contributed by atoms with E-state index in [1.807, 2.05) is 12.1 Å². The Hall–Kier alpha value is -1.75. The van der Waals surface area contributed by atoms with Crippen molar-refractivity contribution in [2.75, 3.05) is 32.8 Å². The molecule has 0 saturated carbocycles. The van der Waals surface area contributed by atoms with Crippen molar-refractivity contribution >= 4 is 5.96 Å². The first-order chi connectivity index (χ1) is 11.2. The number of aliphatic imine (C=N–C) groups is 1. The van der Waals surface area contributed by atoms with Gasteiger partial charge in [0.2, 0.25) is 0 Å². The van der Waals surface area contributed by atoms with Crippen LogP contribution in [0.5, 0.6) is 5.75 Å². The maximum Gasteiger partial charge on any atom is 0.194 e. The first kappa shape index (κ1) is 17.6. The van der Waals surface area contributed by atoms with Gasteiger partial charge in [-0.05, 0) is 43.9 Å². The largest absolute Gasteiger partial charge is 0.494 e. The van der Waals surface area contributed by atoms with Gasteiger partial charge in [-0.25, -0.2) is 0 Å². The molecule has 0 aliphatic carbocycles. The van der Waals surface area contributed by atoms with E-state index >= 15 is 0 Å². The average molecular weight is 319 g/mol. The van der Waals surface area contributed by atoms with Gasteiger partial charge >= 0.3 is 0 Å². The summed E-state index contributed by atoms with van der Waals surface area (Å²) in [6.07, 6.45) is 2.49. The molecule has 5 heteroatoms. The molecule has 1 saturated heterocycles. The summed E-state index contributed by atoms with van der Waals surface area (Å²) in [5.41, 5.74) is 1.24. The van der Waals surface area contributed by atoms with Crippen molar-refractivity contribution in [1.82, 2.24) is 10.2 Å². The van der Waals surface area contributed by atoms with Crippen LogP contribution in [0.25, 0.3) is 0 Å². The van der Waals surface area contributed by atoms with Gasteiger partial charge in [-0.3, -0.25) is 4.99 Å². The molecule has 0 aromatic heterocycles. The molecule has 0 radical (unpaired) electrons. The zero-order valence-corrected chi connectivity index (χ0v) is 14.3. The molecule has 1 aliphatic rings. The molecule has 1 aromatic carbocycles. The average Bonchev–Trinajstić information content (AvgIpc) is 2.99. The number of aliphatic hydroxyl groups excluding tert-OH is 1. The van der Waals surface area contributed by atoms with Gasteiger partial charge in [0.05, 0.1) is 12.7 Å². The predicted molar refractivity (Wildman–Crippen MR) is 94.1 cm³/mol. The van der Waals surface area contributed by atoms with E-state index < -0.39 is 0 Å². The predicted octanol–water partition coefficient (Wildman–Crippen LogP) is 2.05. The highest BCUT2D eigenvalue weighted by atomic mass is 16.5. The van der Waals surface area contributed by atoms with Crippen LogP contribution in [0.15, 0.2) is 29.3 Å². The van der Waals surface area contributed by atoms with Crippen molar-refractivity contribution in [3.8, 4) is 5.75 Å². The summed E-state index contributed by atoms with van der Waals surface area (Å²) >= 11 is 0. The number of likely N-dealkylation sites (tertiary alicyclic amines) is 1. The Morgan fingerprint density at radius 2 is 2.30 bits per heavy atom. The lowest BCUT2D eigenvalue weighted by atomic mass is 10.1. The molecular formula is C18H29N3O2. The van der Waals surface area contributed by atoms with Crippen LogP contribution in [0.4, 0.5) is 0 Å². The fourth-order valence-corrected chi connectivity index (χ4v) is 2.66. The molecular weight excluding hydrogens is 290 g/mol. The minimum atomic E-state index is -0.230. The molecule has 0 bridgehead atoms. The molecule has 2 rings (SSSR count). The quantitative estimate of drug-likeness (QED) is 0.596. The lowest BCUT2D eigenvalue weighted by Crippen LogP contribution is -2.40. The van der Waals surface area contributed by atoms with Crippen molar-refractivity contribution < 1.29 is 9.84 Å². The van der Waals surface area contributed by atoms with E-state index in [1.165, 1.54) is 5.56 Å². The topological polar surface area (TPSA) is 57.1 Å². The maximum atomic E-state index is 9.68. The second kappa shape index (κ2) is 9.40. The number of benzene rings is 1. The fourth-order valence-electron chi connectivity index (χ4n) is 2.66. The molecule has 1 heterocycles. The van der Waals surface area contributed by atoms with E-state index in [0.717, 1.165) is 57.2 Å². The molecule has 1 fully saturated rings. The van der Waals surface area contributed by atoms with E-state index in [4.69, 9.17) is 9.73 Å². The molecule has 23 heavy (non-hydrogen) atoms. The molecule has 128 valence electrons. The fraction of sp³-hybridized carbons (Fsp3) is 0.611. The van der Waals surface area contributed by atoms with E-state index in [1.54, 1.807) is 0 Å². The van der Waals surface area contributed by atoms with E-state index in [0.29, 0.717) is 6.54 Å². The lowest BCUT2D eigenvalue weighted by Gasteiger charge is -2.20. The molecule has 1 aliphatic heterocycles. The van der Waals surface area contributed by atoms with Gasteiger partial charge in [-0.2, -0.15) is 0 Å². The second-order valence-corrected chi connectivity index (χ2v) is 5.87. The highest BCUT2D eigenvalue weighted by Gasteiger charge is 2.22. The van der Waals surface area contributed by atoms with Crippen molar-refractivity contribution in [2.45, 2.75) is 39.2 Å². The normalized spacial score (nSPS) is 18.3. The molecule has 0 unspecified atom stereocenters. The van der Waals surface area contributed by atoms with Crippen LogP contribution in [-0.2, 0) is 6.42 Å². The first-order valence-corrected chi connectivity index (χ1v) is 8.66. The first-order valence-electron chi connectivity index (χ1n) is 8.66. The highest BCUT2D eigenvalue weighted by Crippen LogP contribution is 2.14. The molecule has 0 amide bonds. The van der Waals surface area contributed by atoms with Crippen LogP contribution in [0.1, 0.15) is 32.3 Å². The second-order valence-electron chi connectivity index (χ2n) is 5.87. The summed E-state index contributed by atoms with van der Waals surface area (Å²) in [6.45, 7) is 8.04. The van der Waals surface area contributed by atoms with E-state index in [-0.39, 0.29) is 6.10 Å². The number of nitrogens with one attached hydrogen (secondary N) is 1. The zero-order chi connectivity index (χ0) is 16.5. The number of rotatable bonds is 7. The van der Waals surface area contributed by atoms with E-state index in [9.17, 15) is 5.11 Å². The number of β-amino-alcohol motifs (C(OH)–C–C–N with tert-alkyl or cyclic N) is 1. The summed E-state index contributed by atoms with van der Waals surface area (Å²) in [4.78, 5) is 6.83. The third-order valence-electron chi connectivity index (χ3n) is 3.83.